The number of aliphatic imine (C=N–C) groups is 1. The molecule has 1 saturated heterocycles. The predicted octanol–water partition coefficient (Wildman–Crippen LogP) is 2.63. The lowest BCUT2D eigenvalue weighted by molar-refractivity contribution is -0.880. The first-order valence-electron chi connectivity index (χ1n) is 9.12. The van der Waals surface area contributed by atoms with Gasteiger partial charge in [-0.05, 0) is 41.1 Å². The van der Waals surface area contributed by atoms with Crippen molar-refractivity contribution in [2.24, 2.45) is 4.99 Å². The van der Waals surface area contributed by atoms with Crippen molar-refractivity contribution in [1.82, 2.24) is 0 Å². The average molecular weight is 346 g/mol. The second kappa shape index (κ2) is 7.18. The molecule has 1 aliphatic heterocycles. The van der Waals surface area contributed by atoms with Gasteiger partial charge in [-0.3, -0.25) is 4.99 Å². The Hall–Kier alpha value is -2.85. The highest BCUT2D eigenvalue weighted by Crippen LogP contribution is 2.26. The number of hydrogen-bond donors (Lipinski definition) is 2. The number of benzene rings is 3. The molecule has 4 nitrogen and oxygen atoms in total. The summed E-state index contributed by atoms with van der Waals surface area (Å²) in [4.78, 5) is 8.60. The van der Waals surface area contributed by atoms with Crippen molar-refractivity contribution < 1.29 is 10.0 Å². The SMILES string of the molecule is C[NH+]1CCN(c2ccc(N=Cc3c(O)ccc4ccccc34)cc2)CC1. The van der Waals surface area contributed by atoms with Crippen LogP contribution in [0.3, 0.4) is 0 Å². The van der Waals surface area contributed by atoms with Gasteiger partial charge in [-0.1, -0.05) is 30.3 Å². The van der Waals surface area contributed by atoms with Gasteiger partial charge in [0.05, 0.1) is 38.9 Å². The van der Waals surface area contributed by atoms with Crippen LogP contribution in [-0.2, 0) is 0 Å². The molecule has 0 bridgehead atoms. The molecule has 2 N–H and O–H groups in total. The minimum atomic E-state index is 0.254. The summed E-state index contributed by atoms with van der Waals surface area (Å²) in [5, 5.41) is 12.3. The van der Waals surface area contributed by atoms with E-state index in [-0.39, 0.29) is 5.75 Å². The number of rotatable bonds is 3. The highest BCUT2D eigenvalue weighted by atomic mass is 16.3. The standard InChI is InChI=1S/C22H23N3O/c1-24-12-14-25(15-13-24)19-9-7-18(8-10-19)23-16-21-20-5-3-2-4-17(20)6-11-22(21)26/h2-11,16,26H,12-15H2,1H3/p+1. The third-order valence-electron chi connectivity index (χ3n) is 5.12. The summed E-state index contributed by atoms with van der Waals surface area (Å²) in [6.07, 6.45) is 1.76. The first-order chi connectivity index (χ1) is 12.7. The zero-order valence-electron chi connectivity index (χ0n) is 15.0. The molecule has 0 unspecified atom stereocenters. The third kappa shape index (κ3) is 3.41. The summed E-state index contributed by atoms with van der Waals surface area (Å²) in [5.41, 5.74) is 2.90. The van der Waals surface area contributed by atoms with E-state index in [1.807, 2.05) is 42.5 Å². The van der Waals surface area contributed by atoms with Crippen molar-refractivity contribution >= 4 is 28.4 Å². The summed E-state index contributed by atoms with van der Waals surface area (Å²) < 4.78 is 0. The van der Waals surface area contributed by atoms with Crippen molar-refractivity contribution in [1.29, 1.82) is 0 Å². The number of fused-ring (bicyclic) bond motifs is 1. The number of likely N-dealkylation sites (N-methyl/N-ethyl adjacent to an activating group) is 1. The Bertz CT molecular complexity index is 926. The van der Waals surface area contributed by atoms with Crippen molar-refractivity contribution in [3.8, 4) is 5.75 Å². The highest BCUT2D eigenvalue weighted by molar-refractivity contribution is 6.02. The molecule has 0 amide bonds. The molecule has 0 spiro atoms. The van der Waals surface area contributed by atoms with Gasteiger partial charge in [0.15, 0.2) is 0 Å². The van der Waals surface area contributed by atoms with E-state index in [4.69, 9.17) is 0 Å². The number of quaternary nitrogens is 1. The lowest BCUT2D eigenvalue weighted by atomic mass is 10.0. The van der Waals surface area contributed by atoms with E-state index in [9.17, 15) is 5.11 Å². The molecule has 0 radical (unpaired) electrons. The van der Waals surface area contributed by atoms with Gasteiger partial charge in [0.1, 0.15) is 5.75 Å². The molecule has 1 fully saturated rings. The molecule has 0 saturated carbocycles. The van der Waals surface area contributed by atoms with Gasteiger partial charge >= 0.3 is 0 Å². The maximum Gasteiger partial charge on any atom is 0.124 e. The van der Waals surface area contributed by atoms with Crippen LogP contribution in [0.25, 0.3) is 10.8 Å². The Balaban J connectivity index is 1.55. The monoisotopic (exact) mass is 346 g/mol. The molecule has 0 aliphatic carbocycles. The third-order valence-corrected chi connectivity index (χ3v) is 5.12. The quantitative estimate of drug-likeness (QED) is 0.716. The average Bonchev–Trinajstić information content (AvgIpc) is 2.68. The highest BCUT2D eigenvalue weighted by Gasteiger charge is 2.16. The molecule has 3 aromatic carbocycles. The van der Waals surface area contributed by atoms with Crippen LogP contribution in [0, 0.1) is 0 Å². The van der Waals surface area contributed by atoms with Crippen LogP contribution in [0.5, 0.6) is 5.75 Å². The smallest absolute Gasteiger partial charge is 0.124 e. The summed E-state index contributed by atoms with van der Waals surface area (Å²) in [5.74, 6) is 0.254. The van der Waals surface area contributed by atoms with E-state index in [2.05, 4.69) is 29.1 Å². The molecule has 4 heteroatoms. The Morgan fingerprint density at radius 3 is 2.46 bits per heavy atom. The van der Waals surface area contributed by atoms with Gasteiger partial charge in [-0.2, -0.15) is 0 Å². The molecule has 1 aliphatic rings. The Labute approximate surface area is 154 Å². The van der Waals surface area contributed by atoms with E-state index in [0.29, 0.717) is 0 Å². The molecule has 0 atom stereocenters. The van der Waals surface area contributed by atoms with Crippen molar-refractivity contribution in [2.45, 2.75) is 0 Å². The number of aromatic hydroxyl groups is 1. The molecule has 132 valence electrons. The van der Waals surface area contributed by atoms with Gasteiger partial charge in [-0.15, -0.1) is 0 Å². The fourth-order valence-electron chi connectivity index (χ4n) is 3.46. The van der Waals surface area contributed by atoms with Crippen LogP contribution < -0.4 is 9.80 Å². The van der Waals surface area contributed by atoms with Crippen molar-refractivity contribution in [2.75, 3.05) is 38.1 Å². The van der Waals surface area contributed by atoms with Crippen LogP contribution in [0.15, 0.2) is 65.7 Å². The topological polar surface area (TPSA) is 40.3 Å². The second-order valence-electron chi connectivity index (χ2n) is 6.94. The lowest BCUT2D eigenvalue weighted by Crippen LogP contribution is -3.12. The minimum absolute atomic E-state index is 0.254. The molecular weight excluding hydrogens is 322 g/mol. The fraction of sp³-hybridized carbons (Fsp3) is 0.227. The van der Waals surface area contributed by atoms with Gasteiger partial charge in [0.2, 0.25) is 0 Å². The fourth-order valence-corrected chi connectivity index (χ4v) is 3.46. The van der Waals surface area contributed by atoms with E-state index in [1.54, 1.807) is 17.2 Å². The van der Waals surface area contributed by atoms with E-state index < -0.39 is 0 Å². The number of anilines is 1. The second-order valence-corrected chi connectivity index (χ2v) is 6.94. The van der Waals surface area contributed by atoms with Crippen molar-refractivity contribution in [3.63, 3.8) is 0 Å². The number of nitrogens with one attached hydrogen (secondary N) is 1. The molecule has 1 heterocycles. The largest absolute Gasteiger partial charge is 0.507 e. The zero-order chi connectivity index (χ0) is 17.9. The van der Waals surface area contributed by atoms with E-state index in [1.165, 1.54) is 18.8 Å². The van der Waals surface area contributed by atoms with Crippen molar-refractivity contribution in [3.05, 3.63) is 66.2 Å². The first kappa shape index (κ1) is 16.6. The summed E-state index contributed by atoms with van der Waals surface area (Å²) in [6.45, 7) is 4.55. The number of hydrogen-bond acceptors (Lipinski definition) is 3. The molecule has 4 rings (SSSR count). The summed E-state index contributed by atoms with van der Waals surface area (Å²) >= 11 is 0. The van der Waals surface area contributed by atoms with Crippen LogP contribution in [0.4, 0.5) is 11.4 Å². The number of nitrogens with zero attached hydrogens (tertiary/aromatic N) is 2. The van der Waals surface area contributed by atoms with Gasteiger partial charge in [0, 0.05) is 17.5 Å². The Kier molecular flexibility index (Phi) is 4.59. The van der Waals surface area contributed by atoms with E-state index in [0.717, 1.165) is 35.1 Å². The first-order valence-corrected chi connectivity index (χ1v) is 9.12. The predicted molar refractivity (Wildman–Crippen MR) is 108 cm³/mol. The lowest BCUT2D eigenvalue weighted by Gasteiger charge is -2.31. The van der Waals surface area contributed by atoms with Gasteiger partial charge in [-0.25, -0.2) is 0 Å². The summed E-state index contributed by atoms with van der Waals surface area (Å²) in [6, 6.07) is 20.0. The van der Waals surface area contributed by atoms with Crippen LogP contribution in [-0.4, -0.2) is 44.5 Å². The molecular formula is C22H24N3O+. The molecule has 3 aromatic rings. The minimum Gasteiger partial charge on any atom is -0.507 e. The zero-order valence-corrected chi connectivity index (χ0v) is 15.0. The van der Waals surface area contributed by atoms with Crippen LogP contribution in [0.1, 0.15) is 5.56 Å². The number of phenolic OH excluding ortho intramolecular Hbond substituents is 1. The summed E-state index contributed by atoms with van der Waals surface area (Å²) in [7, 11) is 2.25. The normalized spacial score (nSPS) is 15.8. The maximum absolute atomic E-state index is 10.2. The van der Waals surface area contributed by atoms with E-state index >= 15 is 0 Å². The Morgan fingerprint density at radius 2 is 1.69 bits per heavy atom. The van der Waals surface area contributed by atoms with Gasteiger partial charge in [0.25, 0.3) is 0 Å². The van der Waals surface area contributed by atoms with Crippen LogP contribution in [0.2, 0.25) is 0 Å². The van der Waals surface area contributed by atoms with Gasteiger partial charge < -0.3 is 14.9 Å². The maximum atomic E-state index is 10.2. The van der Waals surface area contributed by atoms with Crippen LogP contribution >= 0.6 is 0 Å². The molecule has 26 heavy (non-hydrogen) atoms. The number of phenols is 1. The Morgan fingerprint density at radius 1 is 0.962 bits per heavy atom. The number of piperazine rings is 1. The molecule has 0 aromatic heterocycles.